The Balaban J connectivity index is 1.69. The highest BCUT2D eigenvalue weighted by Crippen LogP contribution is 2.29. The maximum absolute atomic E-state index is 5.99. The lowest BCUT2D eigenvalue weighted by molar-refractivity contribution is 0.414. The molecule has 1 heterocycles. The molecule has 0 bridgehead atoms. The maximum Gasteiger partial charge on any atom is 0.128 e. The summed E-state index contributed by atoms with van der Waals surface area (Å²) >= 11 is 0. The van der Waals surface area contributed by atoms with Crippen LogP contribution in [0, 0.1) is 6.92 Å². The summed E-state index contributed by atoms with van der Waals surface area (Å²) < 4.78 is 13.5. The molecule has 0 atom stereocenters. The minimum atomic E-state index is 0.835. The van der Waals surface area contributed by atoms with Crippen molar-refractivity contribution >= 4 is 10.9 Å². The number of fused-ring (bicyclic) bond motifs is 1. The van der Waals surface area contributed by atoms with Gasteiger partial charge in [0, 0.05) is 23.3 Å². The molecule has 25 heavy (non-hydrogen) atoms. The van der Waals surface area contributed by atoms with E-state index < -0.39 is 0 Å². The van der Waals surface area contributed by atoms with Gasteiger partial charge in [-0.25, -0.2) is 0 Å². The summed E-state index contributed by atoms with van der Waals surface area (Å²) in [6, 6.07) is 24.3. The highest BCUT2D eigenvalue weighted by Gasteiger charge is 2.06. The number of methoxy groups -OCH3 is 1. The first-order chi connectivity index (χ1) is 12.2. The fourth-order valence-electron chi connectivity index (χ4n) is 2.98. The number of rotatable bonds is 4. The number of nitrogens with zero attached hydrogens (tertiary/aromatic N) is 1. The molecule has 3 heteroatoms. The smallest absolute Gasteiger partial charge is 0.128 e. The zero-order valence-corrected chi connectivity index (χ0v) is 14.3. The fourth-order valence-corrected chi connectivity index (χ4v) is 2.98. The van der Waals surface area contributed by atoms with Gasteiger partial charge in [-0.05, 0) is 61.0 Å². The van der Waals surface area contributed by atoms with Gasteiger partial charge in [0.1, 0.15) is 17.2 Å². The summed E-state index contributed by atoms with van der Waals surface area (Å²) in [5.74, 6) is 2.53. The fraction of sp³-hybridized carbons (Fsp3) is 0.0909. The van der Waals surface area contributed by atoms with Crippen LogP contribution < -0.4 is 9.47 Å². The Hall–Kier alpha value is -3.20. The molecule has 4 rings (SSSR count). The van der Waals surface area contributed by atoms with Crippen LogP contribution in [-0.4, -0.2) is 11.7 Å². The normalized spacial score (nSPS) is 10.8. The van der Waals surface area contributed by atoms with Crippen molar-refractivity contribution in [3.63, 3.8) is 0 Å². The molecule has 0 amide bonds. The van der Waals surface area contributed by atoms with E-state index >= 15 is 0 Å². The predicted octanol–water partition coefficient (Wildman–Crippen LogP) is 5.74. The Labute approximate surface area is 147 Å². The van der Waals surface area contributed by atoms with E-state index in [1.807, 2.05) is 42.5 Å². The van der Waals surface area contributed by atoms with E-state index in [1.165, 1.54) is 5.56 Å². The number of hydrogen-bond acceptors (Lipinski definition) is 2. The van der Waals surface area contributed by atoms with E-state index in [0.29, 0.717) is 0 Å². The molecule has 3 nitrogen and oxygen atoms in total. The van der Waals surface area contributed by atoms with Gasteiger partial charge >= 0.3 is 0 Å². The van der Waals surface area contributed by atoms with Gasteiger partial charge in [0.15, 0.2) is 0 Å². The van der Waals surface area contributed by atoms with Gasteiger partial charge in [-0.1, -0.05) is 18.2 Å². The van der Waals surface area contributed by atoms with Gasteiger partial charge < -0.3 is 14.0 Å². The molecule has 0 radical (unpaired) electrons. The van der Waals surface area contributed by atoms with Gasteiger partial charge in [0.25, 0.3) is 0 Å². The molecule has 0 saturated carbocycles. The van der Waals surface area contributed by atoms with Crippen LogP contribution in [0.3, 0.4) is 0 Å². The van der Waals surface area contributed by atoms with E-state index in [1.54, 1.807) is 7.11 Å². The molecule has 3 aromatic carbocycles. The van der Waals surface area contributed by atoms with Crippen molar-refractivity contribution < 1.29 is 9.47 Å². The van der Waals surface area contributed by atoms with Crippen molar-refractivity contribution in [1.82, 2.24) is 4.57 Å². The van der Waals surface area contributed by atoms with Crippen LogP contribution in [0.25, 0.3) is 16.6 Å². The average molecular weight is 329 g/mol. The van der Waals surface area contributed by atoms with E-state index in [2.05, 4.69) is 48.0 Å². The second kappa shape index (κ2) is 6.36. The lowest BCUT2D eigenvalue weighted by atomic mass is 10.2. The highest BCUT2D eigenvalue weighted by atomic mass is 16.5. The zero-order chi connectivity index (χ0) is 17.2. The zero-order valence-electron chi connectivity index (χ0n) is 14.3. The number of ether oxygens (including phenoxy) is 2. The van der Waals surface area contributed by atoms with Gasteiger partial charge in [-0.2, -0.15) is 0 Å². The average Bonchev–Trinajstić information content (AvgIpc) is 3.05. The first kappa shape index (κ1) is 15.3. The molecule has 0 unspecified atom stereocenters. The van der Waals surface area contributed by atoms with Gasteiger partial charge in [-0.3, -0.25) is 0 Å². The van der Waals surface area contributed by atoms with Crippen LogP contribution in [0.1, 0.15) is 5.56 Å². The van der Waals surface area contributed by atoms with Crippen molar-refractivity contribution in [2.24, 2.45) is 0 Å². The van der Waals surface area contributed by atoms with Crippen LogP contribution in [-0.2, 0) is 0 Å². The second-order valence-electron chi connectivity index (χ2n) is 6.03. The molecule has 4 aromatic rings. The Morgan fingerprint density at radius 1 is 0.760 bits per heavy atom. The van der Waals surface area contributed by atoms with Crippen molar-refractivity contribution in [1.29, 1.82) is 0 Å². The largest absolute Gasteiger partial charge is 0.497 e. The molecular weight excluding hydrogens is 310 g/mol. The van der Waals surface area contributed by atoms with Gasteiger partial charge in [0.2, 0.25) is 0 Å². The van der Waals surface area contributed by atoms with E-state index in [4.69, 9.17) is 9.47 Å². The number of aryl methyl sites for hydroxylation is 1. The summed E-state index contributed by atoms with van der Waals surface area (Å²) in [7, 11) is 1.68. The lowest BCUT2D eigenvalue weighted by Crippen LogP contribution is -1.93. The first-order valence-electron chi connectivity index (χ1n) is 8.23. The number of aromatic nitrogens is 1. The molecule has 0 fully saturated rings. The summed E-state index contributed by atoms with van der Waals surface area (Å²) in [4.78, 5) is 0. The Bertz CT molecular complexity index is 1030. The first-order valence-corrected chi connectivity index (χ1v) is 8.23. The summed E-state index contributed by atoms with van der Waals surface area (Å²) in [6.07, 6.45) is 2.07. The third-order valence-corrected chi connectivity index (χ3v) is 4.22. The molecule has 0 aliphatic rings. The summed E-state index contributed by atoms with van der Waals surface area (Å²) in [6.45, 7) is 2.06. The molecule has 0 spiro atoms. The molecule has 124 valence electrons. The summed E-state index contributed by atoms with van der Waals surface area (Å²) in [5, 5.41) is 1.13. The Morgan fingerprint density at radius 2 is 1.56 bits per heavy atom. The van der Waals surface area contributed by atoms with Crippen LogP contribution >= 0.6 is 0 Å². The van der Waals surface area contributed by atoms with Gasteiger partial charge in [-0.15, -0.1) is 0 Å². The third-order valence-electron chi connectivity index (χ3n) is 4.22. The van der Waals surface area contributed by atoms with Crippen molar-refractivity contribution in [2.45, 2.75) is 6.92 Å². The highest BCUT2D eigenvalue weighted by molar-refractivity contribution is 5.83. The monoisotopic (exact) mass is 329 g/mol. The Kier molecular flexibility index (Phi) is 3.90. The number of benzene rings is 3. The molecule has 0 aliphatic carbocycles. The Morgan fingerprint density at radius 3 is 2.40 bits per heavy atom. The van der Waals surface area contributed by atoms with E-state index in [9.17, 15) is 0 Å². The second-order valence-corrected chi connectivity index (χ2v) is 6.03. The van der Waals surface area contributed by atoms with E-state index in [-0.39, 0.29) is 0 Å². The molecule has 0 N–H and O–H groups in total. The number of hydrogen-bond donors (Lipinski definition) is 0. The predicted molar refractivity (Wildman–Crippen MR) is 101 cm³/mol. The third kappa shape index (κ3) is 3.09. The minimum absolute atomic E-state index is 0.835. The standard InChI is InChI=1S/C22H19NO2/c1-16-5-3-8-20(13-16)25-21-9-10-22-17(14-21)11-12-23(22)18-6-4-7-19(15-18)24-2/h3-15H,1-2H3. The molecule has 0 aliphatic heterocycles. The minimum Gasteiger partial charge on any atom is -0.497 e. The van der Waals surface area contributed by atoms with Gasteiger partial charge in [0.05, 0.1) is 12.6 Å². The van der Waals surface area contributed by atoms with Crippen molar-refractivity contribution in [3.05, 3.63) is 84.6 Å². The summed E-state index contributed by atoms with van der Waals surface area (Å²) in [5.41, 5.74) is 3.38. The molecular formula is C22H19NO2. The lowest BCUT2D eigenvalue weighted by Gasteiger charge is -2.09. The van der Waals surface area contributed by atoms with Crippen molar-refractivity contribution in [3.8, 4) is 22.9 Å². The molecule has 0 saturated heterocycles. The quantitative estimate of drug-likeness (QED) is 0.476. The maximum atomic E-state index is 5.99. The van der Waals surface area contributed by atoms with Crippen LogP contribution in [0.2, 0.25) is 0 Å². The van der Waals surface area contributed by atoms with Crippen LogP contribution in [0.4, 0.5) is 0 Å². The molecule has 1 aromatic heterocycles. The van der Waals surface area contributed by atoms with Crippen molar-refractivity contribution in [2.75, 3.05) is 7.11 Å². The van der Waals surface area contributed by atoms with Crippen LogP contribution in [0.5, 0.6) is 17.2 Å². The topological polar surface area (TPSA) is 23.4 Å². The SMILES string of the molecule is COc1cccc(-n2ccc3cc(Oc4cccc(C)c4)ccc32)c1. The van der Waals surface area contributed by atoms with E-state index in [0.717, 1.165) is 33.8 Å². The van der Waals surface area contributed by atoms with Crippen LogP contribution in [0.15, 0.2) is 79.0 Å².